The van der Waals surface area contributed by atoms with E-state index in [0.717, 1.165) is 66.0 Å². The van der Waals surface area contributed by atoms with Gasteiger partial charge in [-0.1, -0.05) is 140 Å². The molecule has 0 unspecified atom stereocenters. The maximum atomic E-state index is 13.9. The monoisotopic (exact) mass is 827 g/mol. The molecule has 0 amide bonds. The van der Waals surface area contributed by atoms with Crippen LogP contribution in [-0.2, 0) is 0 Å². The molecule has 65 heavy (non-hydrogen) atoms. The Labute approximate surface area is 373 Å². The van der Waals surface area contributed by atoms with E-state index < -0.39 is 0 Å². The van der Waals surface area contributed by atoms with Gasteiger partial charge in [-0.25, -0.2) is 0 Å². The van der Waals surface area contributed by atoms with E-state index in [1.165, 1.54) is 60.3 Å². The third-order valence-electron chi connectivity index (χ3n) is 13.8. The minimum atomic E-state index is 0.0283. The Morgan fingerprint density at radius 3 is 1.25 bits per heavy atom. The molecule has 4 heteroatoms. The quantitative estimate of drug-likeness (QED) is 0.159. The zero-order chi connectivity index (χ0) is 42.8. The topological polar surface area (TPSA) is 31.3 Å². The molecule has 4 heterocycles. The summed E-state index contributed by atoms with van der Waals surface area (Å²) in [5.41, 5.74) is 16.0. The summed E-state index contributed by atoms with van der Waals surface area (Å²) >= 11 is 0. The van der Waals surface area contributed by atoms with E-state index in [2.05, 4.69) is 215 Å². The maximum absolute atomic E-state index is 13.9. The van der Waals surface area contributed by atoms with Gasteiger partial charge in [-0.05, 0) is 124 Å². The third-order valence-corrected chi connectivity index (χ3v) is 13.8. The lowest BCUT2D eigenvalue weighted by atomic mass is 9.99. The summed E-state index contributed by atoms with van der Waals surface area (Å²) in [4.78, 5) is 13.9. The molecule has 0 saturated heterocycles. The van der Waals surface area contributed by atoms with Gasteiger partial charge in [0.05, 0.1) is 33.1 Å². The second-order valence-electron chi connectivity index (χ2n) is 17.3. The number of fused-ring (bicyclic) bond motifs is 11. The normalized spacial score (nSPS) is 12.1. The average Bonchev–Trinajstić information content (AvgIpc) is 4.01. The van der Waals surface area contributed by atoms with Crippen molar-refractivity contribution in [2.45, 2.75) is 0 Å². The maximum Gasteiger partial charge on any atom is 0.263 e. The smallest absolute Gasteiger partial charge is 0.263 e. The molecule has 0 radical (unpaired) electrons. The standard InChI is InChI=1S/C61H37N3O/c65-61-50-18-8-7-16-46(50)48-19-11-20-49-52-34-41(25-33-59(52)64(61)60(48)49)39-22-28-45(29-23-39)63-55-21-10-9-17-47(55)51-36-42(26-31-56(51)63)43-27-32-58-54(37-43)53-35-40(38-12-3-1-4-13-38)24-30-57(53)62(58)44-14-5-2-6-15-44/h1-37H. The summed E-state index contributed by atoms with van der Waals surface area (Å²) in [5, 5.41) is 9.93. The fraction of sp³-hybridized carbons (Fsp3) is 0. The van der Waals surface area contributed by atoms with E-state index in [1.54, 1.807) is 0 Å². The van der Waals surface area contributed by atoms with Crippen LogP contribution >= 0.6 is 0 Å². The predicted octanol–water partition coefficient (Wildman–Crippen LogP) is 15.4. The van der Waals surface area contributed by atoms with E-state index in [0.29, 0.717) is 0 Å². The van der Waals surface area contributed by atoms with Gasteiger partial charge in [0.1, 0.15) is 0 Å². The molecule has 14 rings (SSSR count). The zero-order valence-electron chi connectivity index (χ0n) is 35.1. The van der Waals surface area contributed by atoms with Gasteiger partial charge in [-0.2, -0.15) is 0 Å². The molecule has 0 bridgehead atoms. The van der Waals surface area contributed by atoms with Gasteiger partial charge < -0.3 is 9.13 Å². The predicted molar refractivity (Wildman–Crippen MR) is 272 cm³/mol. The van der Waals surface area contributed by atoms with Crippen LogP contribution in [0.3, 0.4) is 0 Å². The summed E-state index contributed by atoms with van der Waals surface area (Å²) in [7, 11) is 0. The van der Waals surface area contributed by atoms with Crippen LogP contribution < -0.4 is 5.56 Å². The summed E-state index contributed by atoms with van der Waals surface area (Å²) in [5.74, 6) is 0. The number of nitrogens with zero attached hydrogens (tertiary/aromatic N) is 3. The van der Waals surface area contributed by atoms with E-state index in [1.807, 2.05) is 22.6 Å². The molecule has 0 aliphatic heterocycles. The van der Waals surface area contributed by atoms with Gasteiger partial charge in [-0.3, -0.25) is 9.20 Å². The van der Waals surface area contributed by atoms with Crippen molar-refractivity contribution in [2.75, 3.05) is 0 Å². The number of hydrogen-bond donors (Lipinski definition) is 0. The Morgan fingerprint density at radius 1 is 0.246 bits per heavy atom. The van der Waals surface area contributed by atoms with Crippen molar-refractivity contribution >= 4 is 81.6 Å². The summed E-state index contributed by atoms with van der Waals surface area (Å²) in [6.07, 6.45) is 0. The third kappa shape index (κ3) is 5.22. The summed E-state index contributed by atoms with van der Waals surface area (Å²) < 4.78 is 6.68. The molecule has 4 nitrogen and oxygen atoms in total. The van der Waals surface area contributed by atoms with Crippen molar-refractivity contribution in [3.05, 3.63) is 235 Å². The molecule has 0 atom stereocenters. The fourth-order valence-corrected chi connectivity index (χ4v) is 10.8. The highest BCUT2D eigenvalue weighted by atomic mass is 16.1. The first-order valence-electron chi connectivity index (χ1n) is 22.2. The molecular weight excluding hydrogens is 791 g/mol. The fourth-order valence-electron chi connectivity index (χ4n) is 10.8. The van der Waals surface area contributed by atoms with Crippen LogP contribution in [0.25, 0.3) is 126 Å². The van der Waals surface area contributed by atoms with E-state index in [9.17, 15) is 4.79 Å². The van der Waals surface area contributed by atoms with Crippen LogP contribution in [0.5, 0.6) is 0 Å². The largest absolute Gasteiger partial charge is 0.309 e. The second-order valence-corrected chi connectivity index (χ2v) is 17.3. The van der Waals surface area contributed by atoms with Crippen LogP contribution in [0.1, 0.15) is 0 Å². The van der Waals surface area contributed by atoms with Gasteiger partial charge in [0.2, 0.25) is 0 Å². The molecule has 0 saturated carbocycles. The number of para-hydroxylation sites is 3. The van der Waals surface area contributed by atoms with Gasteiger partial charge in [-0.15, -0.1) is 0 Å². The first kappa shape index (κ1) is 35.8. The molecule has 0 fully saturated rings. The molecule has 0 aliphatic rings. The Balaban J connectivity index is 0.876. The SMILES string of the molecule is O=c1c2ccccc2c2cccc3c4cc(-c5ccc(-n6c7ccccc7c7cc(-c8ccc9c(c8)c8cc(-c%10ccccc%10)ccc8n9-c8ccccc8)ccc76)cc5)ccc4n1c23. The summed E-state index contributed by atoms with van der Waals surface area (Å²) in [6.45, 7) is 0. The van der Waals surface area contributed by atoms with Crippen molar-refractivity contribution in [3.8, 4) is 44.8 Å². The molecule has 0 aliphatic carbocycles. The molecule has 302 valence electrons. The Bertz CT molecular complexity index is 4290. The number of hydrogen-bond acceptors (Lipinski definition) is 1. The van der Waals surface area contributed by atoms with E-state index in [4.69, 9.17) is 0 Å². The number of rotatable bonds is 5. The first-order valence-corrected chi connectivity index (χ1v) is 22.2. The van der Waals surface area contributed by atoms with Crippen LogP contribution in [0.15, 0.2) is 229 Å². The molecule has 14 aromatic rings. The molecule has 0 N–H and O–H groups in total. The van der Waals surface area contributed by atoms with Crippen LogP contribution in [0, 0.1) is 0 Å². The molecule has 4 aromatic heterocycles. The van der Waals surface area contributed by atoms with Crippen molar-refractivity contribution < 1.29 is 0 Å². The van der Waals surface area contributed by atoms with Crippen molar-refractivity contribution in [2.24, 2.45) is 0 Å². The lowest BCUT2D eigenvalue weighted by Crippen LogP contribution is -2.12. The summed E-state index contributed by atoms with van der Waals surface area (Å²) in [6, 6.07) is 80.5. The molecule has 0 spiro atoms. The zero-order valence-corrected chi connectivity index (χ0v) is 35.1. The lowest BCUT2D eigenvalue weighted by molar-refractivity contribution is 1.18. The Morgan fingerprint density at radius 2 is 0.631 bits per heavy atom. The van der Waals surface area contributed by atoms with Crippen molar-refractivity contribution in [3.63, 3.8) is 0 Å². The highest BCUT2D eigenvalue weighted by Gasteiger charge is 2.19. The van der Waals surface area contributed by atoms with E-state index in [-0.39, 0.29) is 5.56 Å². The van der Waals surface area contributed by atoms with Crippen LogP contribution in [-0.4, -0.2) is 13.5 Å². The number of benzene rings is 10. The van der Waals surface area contributed by atoms with E-state index >= 15 is 0 Å². The highest BCUT2D eigenvalue weighted by molar-refractivity contribution is 6.21. The Kier molecular flexibility index (Phi) is 7.51. The molecule has 10 aromatic carbocycles. The first-order chi connectivity index (χ1) is 32.2. The number of pyridine rings is 1. The van der Waals surface area contributed by atoms with Gasteiger partial charge in [0.25, 0.3) is 5.56 Å². The minimum absolute atomic E-state index is 0.0283. The highest BCUT2D eigenvalue weighted by Crippen LogP contribution is 2.41. The van der Waals surface area contributed by atoms with Crippen LogP contribution in [0.4, 0.5) is 0 Å². The van der Waals surface area contributed by atoms with Crippen molar-refractivity contribution in [1.82, 2.24) is 13.5 Å². The Hall–Kier alpha value is -8.73. The second kappa shape index (κ2) is 13.6. The lowest BCUT2D eigenvalue weighted by Gasteiger charge is -2.10. The van der Waals surface area contributed by atoms with Crippen molar-refractivity contribution in [1.29, 1.82) is 0 Å². The van der Waals surface area contributed by atoms with Gasteiger partial charge in [0.15, 0.2) is 0 Å². The molecular formula is C61H37N3O. The number of aromatic nitrogens is 3. The minimum Gasteiger partial charge on any atom is -0.309 e. The van der Waals surface area contributed by atoms with Gasteiger partial charge >= 0.3 is 0 Å². The van der Waals surface area contributed by atoms with Gasteiger partial charge in [0, 0.05) is 54.5 Å². The average molecular weight is 828 g/mol. The van der Waals surface area contributed by atoms with Crippen LogP contribution in [0.2, 0.25) is 0 Å².